The lowest BCUT2D eigenvalue weighted by Gasteiger charge is -2.44. The molecule has 9 nitrogen and oxygen atoms in total. The number of rotatable bonds is 5. The third-order valence-electron chi connectivity index (χ3n) is 8.79. The highest BCUT2D eigenvalue weighted by Gasteiger charge is 2.38. The molecule has 11 heteroatoms. The lowest BCUT2D eigenvalue weighted by molar-refractivity contribution is -0.0193. The lowest BCUT2D eigenvalue weighted by atomic mass is 9.70. The molecule has 0 saturated heterocycles. The maximum Gasteiger partial charge on any atom is 0.301 e. The molecule has 0 aromatic heterocycles. The van der Waals surface area contributed by atoms with Crippen molar-refractivity contribution in [2.45, 2.75) is 70.6 Å². The topological polar surface area (TPSA) is 106 Å². The van der Waals surface area contributed by atoms with Crippen molar-refractivity contribution in [3.63, 3.8) is 0 Å². The summed E-state index contributed by atoms with van der Waals surface area (Å²) in [6.07, 6.45) is 10.2. The fourth-order valence-electron chi connectivity index (χ4n) is 6.30. The van der Waals surface area contributed by atoms with Crippen LogP contribution in [-0.4, -0.2) is 59.9 Å². The first-order chi connectivity index (χ1) is 21.2. The van der Waals surface area contributed by atoms with Gasteiger partial charge in [0.05, 0.1) is 11.8 Å². The van der Waals surface area contributed by atoms with Crippen LogP contribution in [0.25, 0.3) is 0 Å². The molecule has 1 unspecified atom stereocenters. The smallest absolute Gasteiger partial charge is 0.301 e. The van der Waals surface area contributed by atoms with Gasteiger partial charge in [0.1, 0.15) is 12.4 Å². The maximum atomic E-state index is 13.2. The van der Waals surface area contributed by atoms with E-state index in [1.165, 1.54) is 5.56 Å². The zero-order valence-corrected chi connectivity index (χ0v) is 27.2. The van der Waals surface area contributed by atoms with Gasteiger partial charge in [-0.3, -0.25) is 4.79 Å². The van der Waals surface area contributed by atoms with E-state index >= 15 is 0 Å². The third kappa shape index (κ3) is 8.54. The van der Waals surface area contributed by atoms with E-state index in [2.05, 4.69) is 20.4 Å². The highest BCUT2D eigenvalue weighted by Crippen LogP contribution is 2.41. The number of hydrogen-bond donors (Lipinski definition) is 2. The van der Waals surface area contributed by atoms with Gasteiger partial charge in [0.25, 0.3) is 5.91 Å². The van der Waals surface area contributed by atoms with Gasteiger partial charge in [0, 0.05) is 50.0 Å². The van der Waals surface area contributed by atoms with Crippen molar-refractivity contribution < 1.29 is 27.4 Å². The molecule has 1 aliphatic carbocycles. The standard InChI is InChI=1S/C33H44ClN3O6S/c1-23-7-5-9-31(42-18-6-17-41-2)29-14-11-26(29)21-37-16-4-3-8-24-19-28(34)13-10-27(24)22-43-32-15-12-25(20-30(32)37)33(38)36-44(39,40)35-23/h5,9-10,12-13,15,19-20,23,26,29,31,35H,3-4,6-8,11,14,16-18,21-22H2,1-2H3,(H,36,38)/b9-5+/t23-,26-,29+,31?/m0/s1. The zero-order chi connectivity index (χ0) is 31.1. The number of carbonyl (C=O) groups excluding carboxylic acids is 1. The SMILES string of the molecule is COCCCOC1/C=C/C[C@H](C)NS(=O)(=O)NC(=O)c2ccc3c(c2)N(CCCCc2cc(Cl)ccc2CO3)C[C@@H]2CC[C@@H]12. The molecular formula is C33H44ClN3O6S. The molecular weight excluding hydrogens is 602 g/mol. The molecule has 240 valence electrons. The van der Waals surface area contributed by atoms with Gasteiger partial charge in [-0.05, 0) is 105 Å². The highest BCUT2D eigenvalue weighted by atomic mass is 35.5. The number of aryl methyl sites for hydroxylation is 1. The predicted molar refractivity (Wildman–Crippen MR) is 173 cm³/mol. The molecule has 1 amide bonds. The Labute approximate surface area is 266 Å². The minimum atomic E-state index is -4.08. The van der Waals surface area contributed by atoms with E-state index in [9.17, 15) is 13.2 Å². The van der Waals surface area contributed by atoms with Crippen molar-refractivity contribution in [3.05, 3.63) is 70.3 Å². The summed E-state index contributed by atoms with van der Waals surface area (Å²) < 4.78 is 48.5. The van der Waals surface area contributed by atoms with Crippen molar-refractivity contribution in [3.8, 4) is 5.75 Å². The van der Waals surface area contributed by atoms with Gasteiger partial charge in [0.15, 0.2) is 0 Å². The molecule has 1 fully saturated rings. The number of amides is 1. The van der Waals surface area contributed by atoms with E-state index < -0.39 is 22.2 Å². The quantitative estimate of drug-likeness (QED) is 0.330. The van der Waals surface area contributed by atoms with Gasteiger partial charge in [-0.2, -0.15) is 13.1 Å². The second kappa shape index (κ2) is 15.1. The molecule has 5 rings (SSSR count). The van der Waals surface area contributed by atoms with Crippen LogP contribution in [0.15, 0.2) is 48.6 Å². The number of benzene rings is 2. The number of ether oxygens (including phenoxy) is 3. The third-order valence-corrected chi connectivity index (χ3v) is 10.2. The number of halogens is 1. The Morgan fingerprint density at radius 1 is 1.09 bits per heavy atom. The van der Waals surface area contributed by atoms with Crippen LogP contribution >= 0.6 is 11.6 Å². The molecule has 1 saturated carbocycles. The number of nitrogens with one attached hydrogen (secondary N) is 2. The van der Waals surface area contributed by atoms with Gasteiger partial charge in [-0.25, -0.2) is 4.72 Å². The van der Waals surface area contributed by atoms with E-state index in [-0.39, 0.29) is 11.7 Å². The van der Waals surface area contributed by atoms with E-state index in [1.54, 1.807) is 32.2 Å². The molecule has 3 aliphatic rings. The van der Waals surface area contributed by atoms with E-state index in [0.717, 1.165) is 62.9 Å². The Hall–Kier alpha value is -2.63. The Bertz CT molecular complexity index is 1430. The Morgan fingerprint density at radius 2 is 1.95 bits per heavy atom. The van der Waals surface area contributed by atoms with Gasteiger partial charge < -0.3 is 19.1 Å². The first kappa shape index (κ1) is 32.8. The molecule has 4 atom stereocenters. The maximum absolute atomic E-state index is 13.2. The number of nitrogens with zero attached hydrogens (tertiary/aromatic N) is 1. The van der Waals surface area contributed by atoms with Crippen molar-refractivity contribution >= 4 is 33.4 Å². The predicted octanol–water partition coefficient (Wildman–Crippen LogP) is 5.42. The van der Waals surface area contributed by atoms with Gasteiger partial charge in [-0.15, -0.1) is 0 Å². The number of anilines is 1. The average molecular weight is 646 g/mol. The second-order valence-electron chi connectivity index (χ2n) is 12.1. The molecule has 2 N–H and O–H groups in total. The molecule has 0 spiro atoms. The summed E-state index contributed by atoms with van der Waals surface area (Å²) in [6, 6.07) is 10.7. The van der Waals surface area contributed by atoms with Crippen LogP contribution in [0.1, 0.15) is 66.9 Å². The van der Waals surface area contributed by atoms with E-state index in [0.29, 0.717) is 48.8 Å². The molecule has 2 aromatic rings. The Morgan fingerprint density at radius 3 is 2.75 bits per heavy atom. The number of methoxy groups -OCH3 is 1. The van der Waals surface area contributed by atoms with Gasteiger partial charge in [-0.1, -0.05) is 29.8 Å². The number of hydrogen-bond acceptors (Lipinski definition) is 7. The summed E-state index contributed by atoms with van der Waals surface area (Å²) in [5.74, 6) is 0.690. The summed E-state index contributed by atoms with van der Waals surface area (Å²) in [7, 11) is -2.39. The summed E-state index contributed by atoms with van der Waals surface area (Å²) in [5.41, 5.74) is 3.31. The van der Waals surface area contributed by atoms with Crippen LogP contribution in [0.4, 0.5) is 5.69 Å². The van der Waals surface area contributed by atoms with Crippen LogP contribution in [-0.2, 0) is 32.7 Å². The fourth-order valence-corrected chi connectivity index (χ4v) is 7.54. The van der Waals surface area contributed by atoms with Crippen LogP contribution in [0.2, 0.25) is 5.02 Å². The molecule has 2 aromatic carbocycles. The minimum absolute atomic E-state index is 0.0766. The van der Waals surface area contributed by atoms with Crippen LogP contribution < -0.4 is 19.1 Å². The van der Waals surface area contributed by atoms with Crippen LogP contribution in [0.5, 0.6) is 5.75 Å². The van der Waals surface area contributed by atoms with Crippen LogP contribution in [0, 0.1) is 11.8 Å². The highest BCUT2D eigenvalue weighted by molar-refractivity contribution is 7.88. The normalized spacial score (nSPS) is 26.5. The second-order valence-corrected chi connectivity index (χ2v) is 14.0. The molecule has 2 bridgehead atoms. The summed E-state index contributed by atoms with van der Waals surface area (Å²) in [5, 5.41) is 0.711. The molecule has 2 aliphatic heterocycles. The van der Waals surface area contributed by atoms with E-state index in [4.69, 9.17) is 25.8 Å². The largest absolute Gasteiger partial charge is 0.487 e. The fraction of sp³-hybridized carbons (Fsp3) is 0.545. The molecule has 0 radical (unpaired) electrons. The van der Waals surface area contributed by atoms with Crippen molar-refractivity contribution in [2.75, 3.05) is 38.3 Å². The summed E-state index contributed by atoms with van der Waals surface area (Å²) >= 11 is 6.33. The lowest BCUT2D eigenvalue weighted by Crippen LogP contribution is -2.45. The first-order valence-electron chi connectivity index (χ1n) is 15.6. The van der Waals surface area contributed by atoms with E-state index in [1.807, 2.05) is 24.3 Å². The monoisotopic (exact) mass is 645 g/mol. The van der Waals surface area contributed by atoms with Gasteiger partial charge in [0.2, 0.25) is 0 Å². The first-order valence-corrected chi connectivity index (χ1v) is 17.5. The molecule has 44 heavy (non-hydrogen) atoms. The van der Waals surface area contributed by atoms with Crippen molar-refractivity contribution in [1.29, 1.82) is 0 Å². The minimum Gasteiger partial charge on any atom is -0.487 e. The molecule has 2 heterocycles. The summed E-state index contributed by atoms with van der Waals surface area (Å²) in [4.78, 5) is 15.5. The Balaban J connectivity index is 1.49. The van der Waals surface area contributed by atoms with Gasteiger partial charge >= 0.3 is 10.2 Å². The number of fused-ring (bicyclic) bond motifs is 3. The van der Waals surface area contributed by atoms with Crippen molar-refractivity contribution in [1.82, 2.24) is 9.44 Å². The average Bonchev–Trinajstić information content (AvgIpc) is 2.99. The summed E-state index contributed by atoms with van der Waals surface area (Å²) in [6.45, 7) is 4.93. The van der Waals surface area contributed by atoms with Crippen LogP contribution in [0.3, 0.4) is 0 Å². The number of carbonyl (C=O) groups is 1. The van der Waals surface area contributed by atoms with Crippen molar-refractivity contribution in [2.24, 2.45) is 11.8 Å². The zero-order valence-electron chi connectivity index (χ0n) is 25.6. The Kier molecular flexibility index (Phi) is 11.2.